The summed E-state index contributed by atoms with van der Waals surface area (Å²) in [5.41, 5.74) is 2.07. The van der Waals surface area contributed by atoms with Crippen LogP contribution < -0.4 is 0 Å². The van der Waals surface area contributed by atoms with E-state index < -0.39 is 5.60 Å². The van der Waals surface area contributed by atoms with Crippen molar-refractivity contribution in [2.75, 3.05) is 20.6 Å². The van der Waals surface area contributed by atoms with E-state index in [-0.39, 0.29) is 5.92 Å². The van der Waals surface area contributed by atoms with Crippen LogP contribution >= 0.6 is 0 Å². The Morgan fingerprint density at radius 3 is 1.58 bits per heavy atom. The number of hydrogen-bond acceptors (Lipinski definition) is 2. The summed E-state index contributed by atoms with van der Waals surface area (Å²) in [6.45, 7) is 0.787. The van der Waals surface area contributed by atoms with Crippen molar-refractivity contribution in [1.82, 2.24) is 4.90 Å². The molecule has 0 bridgehead atoms. The van der Waals surface area contributed by atoms with E-state index in [0.29, 0.717) is 0 Å². The molecule has 0 amide bonds. The number of rotatable bonds is 7. The van der Waals surface area contributed by atoms with E-state index in [1.54, 1.807) is 0 Å². The van der Waals surface area contributed by atoms with Crippen molar-refractivity contribution in [3.8, 4) is 0 Å². The largest absolute Gasteiger partial charge is 0.380 e. The molecule has 0 saturated carbocycles. The third kappa shape index (κ3) is 4.04. The van der Waals surface area contributed by atoms with Gasteiger partial charge in [-0.15, -0.1) is 0 Å². The van der Waals surface area contributed by atoms with Crippen molar-refractivity contribution in [2.24, 2.45) is 5.92 Å². The van der Waals surface area contributed by atoms with Crippen LogP contribution in [-0.4, -0.2) is 30.6 Å². The van der Waals surface area contributed by atoms with Crippen LogP contribution in [0.15, 0.2) is 91.0 Å². The molecule has 0 heterocycles. The van der Waals surface area contributed by atoms with Crippen LogP contribution in [-0.2, 0) is 12.0 Å². The highest BCUT2D eigenvalue weighted by Crippen LogP contribution is 2.39. The van der Waals surface area contributed by atoms with E-state index in [0.717, 1.165) is 24.1 Å². The van der Waals surface area contributed by atoms with Crippen molar-refractivity contribution in [1.29, 1.82) is 0 Å². The maximum Gasteiger partial charge on any atom is 0.119 e. The first-order chi connectivity index (χ1) is 12.6. The zero-order chi connectivity index (χ0) is 18.4. The molecule has 2 nitrogen and oxygen atoms in total. The third-order valence-corrected chi connectivity index (χ3v) is 4.93. The molecule has 2 heteroatoms. The third-order valence-electron chi connectivity index (χ3n) is 4.93. The van der Waals surface area contributed by atoms with E-state index in [9.17, 15) is 5.11 Å². The average Bonchev–Trinajstić information content (AvgIpc) is 2.69. The number of aliphatic hydroxyl groups is 1. The van der Waals surface area contributed by atoms with Crippen LogP contribution in [0.5, 0.6) is 0 Å². The second kappa shape index (κ2) is 8.31. The van der Waals surface area contributed by atoms with Crippen LogP contribution in [0.4, 0.5) is 0 Å². The van der Waals surface area contributed by atoms with Crippen molar-refractivity contribution in [2.45, 2.75) is 12.0 Å². The fourth-order valence-electron chi connectivity index (χ4n) is 3.71. The lowest BCUT2D eigenvalue weighted by Gasteiger charge is -2.39. The Balaban J connectivity index is 2.10. The minimum atomic E-state index is -1.05. The van der Waals surface area contributed by atoms with Gasteiger partial charge in [-0.3, -0.25) is 0 Å². The van der Waals surface area contributed by atoms with Crippen LogP contribution in [0.2, 0.25) is 0 Å². The molecule has 0 aliphatic heterocycles. The fraction of sp³-hybridized carbons (Fsp3) is 0.250. The molecular weight excluding hydrogens is 318 g/mol. The summed E-state index contributed by atoms with van der Waals surface area (Å²) in [6.07, 6.45) is 0.805. The molecule has 0 aromatic heterocycles. The van der Waals surface area contributed by atoms with E-state index in [1.165, 1.54) is 5.56 Å². The van der Waals surface area contributed by atoms with Crippen LogP contribution in [0.3, 0.4) is 0 Å². The number of hydrogen-bond donors (Lipinski definition) is 1. The summed E-state index contributed by atoms with van der Waals surface area (Å²) in [5.74, 6) is 0.0182. The Kier molecular flexibility index (Phi) is 5.87. The molecule has 1 unspecified atom stereocenters. The standard InChI is InChI=1S/C24H27NO/c1-25(2)19-23(18-20-12-6-3-7-13-20)24(26,21-14-8-4-9-15-21)22-16-10-5-11-17-22/h3-17,23,26H,18-19H2,1-2H3. The van der Waals surface area contributed by atoms with Crippen molar-refractivity contribution in [3.63, 3.8) is 0 Å². The lowest BCUT2D eigenvalue weighted by Crippen LogP contribution is -2.43. The van der Waals surface area contributed by atoms with Crippen molar-refractivity contribution < 1.29 is 5.11 Å². The van der Waals surface area contributed by atoms with Gasteiger partial charge in [0, 0.05) is 12.5 Å². The van der Waals surface area contributed by atoms with Gasteiger partial charge in [-0.05, 0) is 37.2 Å². The Hall–Kier alpha value is -2.42. The first kappa shape index (κ1) is 18.4. The minimum absolute atomic E-state index is 0.0182. The molecule has 1 atom stereocenters. The summed E-state index contributed by atoms with van der Waals surface area (Å²) in [7, 11) is 4.13. The summed E-state index contributed by atoms with van der Waals surface area (Å²) in [5, 5.41) is 12.1. The van der Waals surface area contributed by atoms with E-state index in [2.05, 4.69) is 43.3 Å². The van der Waals surface area contributed by atoms with Gasteiger partial charge in [-0.1, -0.05) is 91.0 Å². The SMILES string of the molecule is CN(C)CC(Cc1ccccc1)C(O)(c1ccccc1)c1ccccc1. The first-order valence-electron chi connectivity index (χ1n) is 9.13. The summed E-state index contributed by atoms with van der Waals surface area (Å²) in [6, 6.07) is 30.5. The highest BCUT2D eigenvalue weighted by molar-refractivity contribution is 5.38. The number of nitrogens with zero attached hydrogens (tertiary/aromatic N) is 1. The quantitative estimate of drug-likeness (QED) is 0.688. The van der Waals surface area contributed by atoms with Gasteiger partial charge in [-0.2, -0.15) is 0 Å². The second-order valence-corrected chi connectivity index (χ2v) is 7.15. The summed E-state index contributed by atoms with van der Waals surface area (Å²) < 4.78 is 0. The molecule has 0 fully saturated rings. The molecule has 0 radical (unpaired) electrons. The Morgan fingerprint density at radius 1 is 0.731 bits per heavy atom. The lowest BCUT2D eigenvalue weighted by atomic mass is 9.73. The molecule has 3 rings (SSSR count). The Bertz CT molecular complexity index is 745. The Labute approximate surface area is 156 Å². The molecule has 0 spiro atoms. The zero-order valence-corrected chi connectivity index (χ0v) is 15.5. The Morgan fingerprint density at radius 2 is 1.15 bits per heavy atom. The molecule has 0 saturated heterocycles. The fourth-order valence-corrected chi connectivity index (χ4v) is 3.71. The van der Waals surface area contributed by atoms with Gasteiger partial charge in [0.15, 0.2) is 0 Å². The highest BCUT2D eigenvalue weighted by atomic mass is 16.3. The molecule has 3 aromatic carbocycles. The molecule has 3 aromatic rings. The van der Waals surface area contributed by atoms with Gasteiger partial charge in [-0.25, -0.2) is 0 Å². The molecule has 0 aliphatic rings. The molecule has 0 aliphatic carbocycles. The van der Waals surface area contributed by atoms with Gasteiger partial charge < -0.3 is 10.0 Å². The zero-order valence-electron chi connectivity index (χ0n) is 15.5. The maximum atomic E-state index is 12.1. The smallest absolute Gasteiger partial charge is 0.119 e. The highest BCUT2D eigenvalue weighted by Gasteiger charge is 2.40. The number of benzene rings is 3. The maximum absolute atomic E-state index is 12.1. The van der Waals surface area contributed by atoms with Gasteiger partial charge in [0.25, 0.3) is 0 Å². The van der Waals surface area contributed by atoms with Crippen LogP contribution in [0.25, 0.3) is 0 Å². The van der Waals surface area contributed by atoms with Crippen molar-refractivity contribution in [3.05, 3.63) is 108 Å². The normalized spacial score (nSPS) is 12.9. The van der Waals surface area contributed by atoms with E-state index >= 15 is 0 Å². The second-order valence-electron chi connectivity index (χ2n) is 7.15. The molecular formula is C24H27NO. The molecule has 1 N–H and O–H groups in total. The van der Waals surface area contributed by atoms with Gasteiger partial charge in [0.2, 0.25) is 0 Å². The van der Waals surface area contributed by atoms with E-state index in [1.807, 2.05) is 66.7 Å². The lowest BCUT2D eigenvalue weighted by molar-refractivity contribution is 0.00509. The predicted molar refractivity (Wildman–Crippen MR) is 108 cm³/mol. The van der Waals surface area contributed by atoms with Gasteiger partial charge in [0.05, 0.1) is 0 Å². The molecule has 26 heavy (non-hydrogen) atoms. The van der Waals surface area contributed by atoms with Crippen LogP contribution in [0.1, 0.15) is 16.7 Å². The first-order valence-corrected chi connectivity index (χ1v) is 9.13. The summed E-state index contributed by atoms with van der Waals surface area (Å²) in [4.78, 5) is 2.16. The monoisotopic (exact) mass is 345 g/mol. The topological polar surface area (TPSA) is 23.5 Å². The van der Waals surface area contributed by atoms with Gasteiger partial charge in [0.1, 0.15) is 5.60 Å². The summed E-state index contributed by atoms with van der Waals surface area (Å²) >= 11 is 0. The average molecular weight is 345 g/mol. The van der Waals surface area contributed by atoms with E-state index in [4.69, 9.17) is 0 Å². The van der Waals surface area contributed by atoms with Crippen LogP contribution in [0, 0.1) is 5.92 Å². The minimum Gasteiger partial charge on any atom is -0.380 e. The van der Waals surface area contributed by atoms with Crippen molar-refractivity contribution >= 4 is 0 Å². The van der Waals surface area contributed by atoms with Gasteiger partial charge >= 0.3 is 0 Å². The predicted octanol–water partition coefficient (Wildman–Crippen LogP) is 4.34. The molecule has 134 valence electrons.